The lowest BCUT2D eigenvalue weighted by Gasteiger charge is -2.21. The fraction of sp³-hybridized carbons (Fsp3) is 0.318. The zero-order valence-corrected chi connectivity index (χ0v) is 19.1. The van der Waals surface area contributed by atoms with E-state index in [4.69, 9.17) is 4.98 Å². The quantitative estimate of drug-likeness (QED) is 0.480. The van der Waals surface area contributed by atoms with Gasteiger partial charge in [0.25, 0.3) is 0 Å². The van der Waals surface area contributed by atoms with Crippen LogP contribution < -0.4 is 20.9 Å². The maximum atomic E-state index is 13.3. The Morgan fingerprint density at radius 1 is 1.18 bits per heavy atom. The molecule has 0 bridgehead atoms. The van der Waals surface area contributed by atoms with E-state index < -0.39 is 0 Å². The summed E-state index contributed by atoms with van der Waals surface area (Å²) in [6.07, 6.45) is 5.64. The van der Waals surface area contributed by atoms with Crippen molar-refractivity contribution in [2.75, 3.05) is 28.6 Å². The number of carbonyl (C=O) groups excluding carboxylic acids is 1. The van der Waals surface area contributed by atoms with Gasteiger partial charge in [-0.1, -0.05) is 12.1 Å². The predicted octanol–water partition coefficient (Wildman–Crippen LogP) is 3.46. The lowest BCUT2D eigenvalue weighted by Crippen LogP contribution is -2.35. The van der Waals surface area contributed by atoms with Gasteiger partial charge >= 0.3 is 0 Å². The van der Waals surface area contributed by atoms with Gasteiger partial charge in [0, 0.05) is 44.5 Å². The first-order chi connectivity index (χ1) is 15.5. The van der Waals surface area contributed by atoms with E-state index >= 15 is 0 Å². The molecule has 0 aliphatic carbocycles. The molecular weight excluding hydrogens is 447 g/mol. The standard InChI is InChI=1S/C22H25FN8O.ClH/c1-14(16-3-5-17(23)6-4-16)26-22-29-19(28-20-12-24-8-9-25-20)11-21(30-22)31-10-7-18(13-31)27-15(2)32;/h3-6,8-9,11-12,14,18H,7,10,13H2,1-2H3,(H,27,32)(H2,25,26,28,29,30);1H/t14-,18?;/m0./s1. The van der Waals surface area contributed by atoms with Gasteiger partial charge in [-0.3, -0.25) is 9.78 Å². The van der Waals surface area contributed by atoms with Crippen molar-refractivity contribution in [3.05, 3.63) is 60.3 Å². The zero-order chi connectivity index (χ0) is 22.5. The maximum absolute atomic E-state index is 13.3. The second-order valence-corrected chi connectivity index (χ2v) is 7.70. The summed E-state index contributed by atoms with van der Waals surface area (Å²) in [4.78, 5) is 31.1. The minimum absolute atomic E-state index is 0. The highest BCUT2D eigenvalue weighted by molar-refractivity contribution is 5.85. The summed E-state index contributed by atoms with van der Waals surface area (Å²) in [7, 11) is 0. The summed E-state index contributed by atoms with van der Waals surface area (Å²) in [6, 6.07) is 8.10. The number of carbonyl (C=O) groups is 1. The van der Waals surface area contributed by atoms with E-state index in [1.807, 2.05) is 13.0 Å². The Kier molecular flexibility index (Phi) is 7.94. The van der Waals surface area contributed by atoms with Crippen LogP contribution in [0.15, 0.2) is 48.9 Å². The molecule has 3 heterocycles. The van der Waals surface area contributed by atoms with Gasteiger partial charge in [0.05, 0.1) is 12.2 Å². The van der Waals surface area contributed by atoms with Crippen molar-refractivity contribution in [1.29, 1.82) is 0 Å². The topological polar surface area (TPSA) is 108 Å². The van der Waals surface area contributed by atoms with E-state index in [1.165, 1.54) is 19.1 Å². The zero-order valence-electron chi connectivity index (χ0n) is 18.3. The highest BCUT2D eigenvalue weighted by Crippen LogP contribution is 2.26. The second kappa shape index (κ2) is 10.9. The van der Waals surface area contributed by atoms with Crippen LogP contribution in [0.4, 0.5) is 27.8 Å². The van der Waals surface area contributed by atoms with Crippen molar-refractivity contribution in [3.8, 4) is 0 Å². The van der Waals surface area contributed by atoms with Gasteiger partial charge in [-0.2, -0.15) is 9.97 Å². The number of nitrogens with one attached hydrogen (secondary N) is 3. The van der Waals surface area contributed by atoms with Crippen molar-refractivity contribution >= 4 is 41.7 Å². The number of hydrogen-bond acceptors (Lipinski definition) is 8. The molecule has 1 saturated heterocycles. The summed E-state index contributed by atoms with van der Waals surface area (Å²) >= 11 is 0. The summed E-state index contributed by atoms with van der Waals surface area (Å²) < 4.78 is 13.3. The number of amides is 1. The first-order valence-electron chi connectivity index (χ1n) is 10.4. The summed E-state index contributed by atoms with van der Waals surface area (Å²) in [5.74, 6) is 1.96. The van der Waals surface area contributed by atoms with Crippen LogP contribution >= 0.6 is 12.4 Å². The minimum atomic E-state index is -0.280. The smallest absolute Gasteiger partial charge is 0.227 e. The third-order valence-corrected chi connectivity index (χ3v) is 5.17. The van der Waals surface area contributed by atoms with Crippen LogP contribution in [-0.4, -0.2) is 45.0 Å². The highest BCUT2D eigenvalue weighted by atomic mass is 35.5. The Morgan fingerprint density at radius 3 is 2.67 bits per heavy atom. The molecule has 0 spiro atoms. The lowest BCUT2D eigenvalue weighted by molar-refractivity contribution is -0.119. The van der Waals surface area contributed by atoms with Crippen molar-refractivity contribution in [1.82, 2.24) is 25.3 Å². The Hall–Kier alpha value is -3.53. The van der Waals surface area contributed by atoms with Crippen molar-refractivity contribution in [2.45, 2.75) is 32.4 Å². The van der Waals surface area contributed by atoms with Crippen molar-refractivity contribution in [2.24, 2.45) is 0 Å². The van der Waals surface area contributed by atoms with E-state index in [2.05, 4.69) is 35.8 Å². The van der Waals surface area contributed by atoms with Crippen LogP contribution in [0.3, 0.4) is 0 Å². The van der Waals surface area contributed by atoms with Crippen LogP contribution in [-0.2, 0) is 4.79 Å². The fourth-order valence-electron chi connectivity index (χ4n) is 3.62. The van der Waals surface area contributed by atoms with Gasteiger partial charge < -0.3 is 20.9 Å². The summed E-state index contributed by atoms with van der Waals surface area (Å²) in [5.41, 5.74) is 0.913. The largest absolute Gasteiger partial charge is 0.354 e. The van der Waals surface area contributed by atoms with Gasteiger partial charge in [0.15, 0.2) is 0 Å². The Bertz CT molecular complexity index is 1070. The molecule has 1 amide bonds. The van der Waals surface area contributed by atoms with Crippen LogP contribution in [0.25, 0.3) is 0 Å². The molecule has 0 radical (unpaired) electrons. The molecule has 1 aliphatic rings. The third-order valence-electron chi connectivity index (χ3n) is 5.17. The molecule has 0 saturated carbocycles. The molecule has 9 nitrogen and oxygen atoms in total. The number of hydrogen-bond donors (Lipinski definition) is 3. The van der Waals surface area contributed by atoms with Crippen LogP contribution in [0.1, 0.15) is 31.9 Å². The molecule has 1 fully saturated rings. The van der Waals surface area contributed by atoms with E-state index in [-0.39, 0.29) is 36.2 Å². The molecule has 11 heteroatoms. The Morgan fingerprint density at radius 2 is 1.97 bits per heavy atom. The predicted molar refractivity (Wildman–Crippen MR) is 127 cm³/mol. The molecule has 2 aromatic heterocycles. The summed E-state index contributed by atoms with van der Waals surface area (Å²) in [5, 5.41) is 9.42. The van der Waals surface area contributed by atoms with Crippen LogP contribution in [0, 0.1) is 5.82 Å². The van der Waals surface area contributed by atoms with Crippen LogP contribution in [0.2, 0.25) is 0 Å². The molecule has 4 rings (SSSR count). The van der Waals surface area contributed by atoms with Gasteiger partial charge in [-0.25, -0.2) is 9.37 Å². The second-order valence-electron chi connectivity index (χ2n) is 7.70. The molecule has 1 aliphatic heterocycles. The fourth-order valence-corrected chi connectivity index (χ4v) is 3.62. The van der Waals surface area contributed by atoms with E-state index in [1.54, 1.807) is 30.7 Å². The number of aromatic nitrogens is 4. The highest BCUT2D eigenvalue weighted by Gasteiger charge is 2.25. The SMILES string of the molecule is CC(=O)NC1CCN(c2cc(Nc3cnccn3)nc(N[C@@H](C)c3ccc(F)cc3)n2)C1.Cl. The normalized spacial score (nSPS) is 16.0. The molecule has 33 heavy (non-hydrogen) atoms. The number of anilines is 4. The minimum Gasteiger partial charge on any atom is -0.354 e. The molecule has 1 aromatic carbocycles. The van der Waals surface area contributed by atoms with Crippen LogP contribution in [0.5, 0.6) is 0 Å². The molecular formula is C22H26ClFN8O. The lowest BCUT2D eigenvalue weighted by atomic mass is 10.1. The first kappa shape index (κ1) is 24.1. The van der Waals surface area contributed by atoms with Crippen molar-refractivity contribution in [3.63, 3.8) is 0 Å². The van der Waals surface area contributed by atoms with E-state index in [9.17, 15) is 9.18 Å². The van der Waals surface area contributed by atoms with Crippen molar-refractivity contribution < 1.29 is 9.18 Å². The Labute approximate surface area is 197 Å². The van der Waals surface area contributed by atoms with Gasteiger partial charge in [0.2, 0.25) is 11.9 Å². The molecule has 174 valence electrons. The van der Waals surface area contributed by atoms with Gasteiger partial charge in [0.1, 0.15) is 23.3 Å². The number of nitrogens with zero attached hydrogens (tertiary/aromatic N) is 5. The monoisotopic (exact) mass is 472 g/mol. The van der Waals surface area contributed by atoms with Gasteiger partial charge in [-0.05, 0) is 31.0 Å². The number of halogens is 2. The number of rotatable bonds is 7. The average Bonchev–Trinajstić information content (AvgIpc) is 3.22. The number of benzene rings is 1. The first-order valence-corrected chi connectivity index (χ1v) is 10.4. The molecule has 2 atom stereocenters. The maximum Gasteiger partial charge on any atom is 0.227 e. The molecule has 1 unspecified atom stereocenters. The third kappa shape index (κ3) is 6.48. The molecule has 3 aromatic rings. The molecule has 3 N–H and O–H groups in total. The van der Waals surface area contributed by atoms with E-state index in [0.717, 1.165) is 24.3 Å². The Balaban J connectivity index is 0.00000306. The van der Waals surface area contributed by atoms with Gasteiger partial charge in [-0.15, -0.1) is 12.4 Å². The van der Waals surface area contributed by atoms with E-state index in [0.29, 0.717) is 24.1 Å². The summed E-state index contributed by atoms with van der Waals surface area (Å²) in [6.45, 7) is 4.91. The average molecular weight is 473 g/mol.